The molecule has 5 rings (SSSR count). The van der Waals surface area contributed by atoms with Crippen LogP contribution in [0.25, 0.3) is 0 Å². The number of methoxy groups -OCH3 is 1. The fourth-order valence-corrected chi connectivity index (χ4v) is 5.95. The Morgan fingerprint density at radius 3 is 2.24 bits per heavy atom. The normalized spacial score (nSPS) is 63.0. The average molecular weight is 234 g/mol. The van der Waals surface area contributed by atoms with Crippen molar-refractivity contribution in [1.82, 2.24) is 0 Å². The molecule has 4 aliphatic carbocycles. The number of carbonyl (C=O) groups is 3. The highest BCUT2D eigenvalue weighted by molar-refractivity contribution is 6.12. The standard InChI is InChI=1S/C12H10O5/c1-16-9(15)12-4-2-10-6(12)11(10,3-5(4)12)8(14)17-7(10)13/h4-6H,2-3H2,1H3. The summed E-state index contributed by atoms with van der Waals surface area (Å²) in [6.45, 7) is 0. The molecule has 5 fully saturated rings. The highest BCUT2D eigenvalue weighted by Crippen LogP contribution is 3.02. The lowest BCUT2D eigenvalue weighted by molar-refractivity contribution is -0.160. The Hall–Kier alpha value is -1.39. The molecule has 0 aromatic carbocycles. The largest absolute Gasteiger partial charge is 0.469 e. The molecule has 4 saturated carbocycles. The molecule has 0 radical (unpaired) electrons. The van der Waals surface area contributed by atoms with Gasteiger partial charge in [-0.15, -0.1) is 0 Å². The fourth-order valence-electron chi connectivity index (χ4n) is 5.95. The SMILES string of the molecule is COC(=O)C12C3CC45C(=O)OC(=O)C4(CC31)C25. The van der Waals surface area contributed by atoms with E-state index < -0.39 is 16.2 Å². The van der Waals surface area contributed by atoms with Gasteiger partial charge in [-0.1, -0.05) is 0 Å². The third-order valence-electron chi connectivity index (χ3n) is 6.32. The molecule has 2 spiro atoms. The van der Waals surface area contributed by atoms with E-state index in [9.17, 15) is 14.4 Å². The maximum absolute atomic E-state index is 12.0. The van der Waals surface area contributed by atoms with Crippen LogP contribution in [0.4, 0.5) is 0 Å². The number of fused-ring (bicyclic) bond motifs is 1. The van der Waals surface area contributed by atoms with Crippen molar-refractivity contribution in [3.63, 3.8) is 0 Å². The van der Waals surface area contributed by atoms with E-state index in [1.165, 1.54) is 7.11 Å². The smallest absolute Gasteiger partial charge is 0.321 e. The van der Waals surface area contributed by atoms with Crippen LogP contribution in [0, 0.1) is 34.0 Å². The Kier molecular flexibility index (Phi) is 0.925. The van der Waals surface area contributed by atoms with Crippen LogP contribution >= 0.6 is 0 Å². The second-order valence-corrected chi connectivity index (χ2v) is 6.10. The Labute approximate surface area is 96.4 Å². The summed E-state index contributed by atoms with van der Waals surface area (Å²) in [6, 6.07) is 0. The minimum atomic E-state index is -0.641. The predicted octanol–water partition coefficient (Wildman–Crippen LogP) is -0.115. The van der Waals surface area contributed by atoms with Crippen molar-refractivity contribution >= 4 is 17.9 Å². The van der Waals surface area contributed by atoms with Crippen LogP contribution in [0.2, 0.25) is 0 Å². The quantitative estimate of drug-likeness (QED) is 0.467. The van der Waals surface area contributed by atoms with Crippen LogP contribution in [0.5, 0.6) is 0 Å². The summed E-state index contributed by atoms with van der Waals surface area (Å²) in [6.07, 6.45) is 1.31. The monoisotopic (exact) mass is 234 g/mol. The molecule has 0 aromatic heterocycles. The topological polar surface area (TPSA) is 69.7 Å². The molecule has 4 atom stereocenters. The Balaban J connectivity index is 1.74. The molecule has 5 heteroatoms. The third-order valence-corrected chi connectivity index (χ3v) is 6.32. The summed E-state index contributed by atoms with van der Waals surface area (Å²) in [5, 5.41) is 0. The highest BCUT2D eigenvalue weighted by Gasteiger charge is 3.09. The minimum absolute atomic E-state index is 0.112. The van der Waals surface area contributed by atoms with E-state index in [0.717, 1.165) is 0 Å². The maximum atomic E-state index is 12.0. The lowest BCUT2D eigenvalue weighted by Crippen LogP contribution is -2.26. The van der Waals surface area contributed by atoms with Gasteiger partial charge < -0.3 is 9.47 Å². The summed E-state index contributed by atoms with van der Waals surface area (Å²) in [5.74, 6) is -0.608. The van der Waals surface area contributed by atoms with Crippen LogP contribution in [0.1, 0.15) is 12.8 Å². The predicted molar refractivity (Wildman–Crippen MR) is 50.1 cm³/mol. The molecule has 1 saturated heterocycles. The first-order chi connectivity index (χ1) is 8.08. The van der Waals surface area contributed by atoms with E-state index in [1.807, 2.05) is 0 Å². The molecular formula is C12H10O5. The molecule has 1 aliphatic heterocycles. The van der Waals surface area contributed by atoms with Crippen molar-refractivity contribution in [2.45, 2.75) is 12.8 Å². The van der Waals surface area contributed by atoms with Crippen LogP contribution < -0.4 is 0 Å². The van der Waals surface area contributed by atoms with Crippen molar-refractivity contribution < 1.29 is 23.9 Å². The van der Waals surface area contributed by atoms with E-state index in [1.54, 1.807) is 0 Å². The number of ether oxygens (including phenoxy) is 2. The molecule has 5 aliphatic rings. The molecule has 4 unspecified atom stereocenters. The van der Waals surface area contributed by atoms with Crippen LogP contribution in [-0.2, 0) is 23.9 Å². The van der Waals surface area contributed by atoms with Gasteiger partial charge in [-0.05, 0) is 24.7 Å². The molecule has 5 nitrogen and oxygen atoms in total. The molecule has 17 heavy (non-hydrogen) atoms. The van der Waals surface area contributed by atoms with Gasteiger partial charge >= 0.3 is 17.9 Å². The van der Waals surface area contributed by atoms with Gasteiger partial charge in [0.1, 0.15) is 0 Å². The van der Waals surface area contributed by atoms with Gasteiger partial charge in [-0.3, -0.25) is 14.4 Å². The Bertz CT molecular complexity index is 515. The summed E-state index contributed by atoms with van der Waals surface area (Å²) < 4.78 is 9.69. The fraction of sp³-hybridized carbons (Fsp3) is 0.750. The van der Waals surface area contributed by atoms with Gasteiger partial charge in [0.05, 0.1) is 23.4 Å². The van der Waals surface area contributed by atoms with Crippen LogP contribution in [-0.4, -0.2) is 25.0 Å². The third kappa shape index (κ3) is 0.453. The molecule has 88 valence electrons. The number of hydrogen-bond donors (Lipinski definition) is 0. The number of rotatable bonds is 1. The van der Waals surface area contributed by atoms with E-state index in [4.69, 9.17) is 9.47 Å². The molecule has 0 bridgehead atoms. The summed E-state index contributed by atoms with van der Waals surface area (Å²) in [7, 11) is 1.38. The van der Waals surface area contributed by atoms with Crippen LogP contribution in [0.15, 0.2) is 0 Å². The second kappa shape index (κ2) is 1.82. The number of carbonyl (C=O) groups excluding carboxylic acids is 3. The van der Waals surface area contributed by atoms with Crippen LogP contribution in [0.3, 0.4) is 0 Å². The zero-order chi connectivity index (χ0) is 11.8. The highest BCUT2D eigenvalue weighted by atomic mass is 16.6. The van der Waals surface area contributed by atoms with Gasteiger partial charge in [0.2, 0.25) is 0 Å². The zero-order valence-electron chi connectivity index (χ0n) is 9.19. The molecule has 1 heterocycles. The zero-order valence-corrected chi connectivity index (χ0v) is 9.19. The van der Waals surface area contributed by atoms with E-state index in [2.05, 4.69) is 0 Å². The van der Waals surface area contributed by atoms with Crippen molar-refractivity contribution in [1.29, 1.82) is 0 Å². The van der Waals surface area contributed by atoms with Gasteiger partial charge in [0, 0.05) is 5.92 Å². The van der Waals surface area contributed by atoms with Gasteiger partial charge in [-0.25, -0.2) is 0 Å². The Morgan fingerprint density at radius 2 is 1.76 bits per heavy atom. The van der Waals surface area contributed by atoms with E-state index >= 15 is 0 Å². The first-order valence-electron chi connectivity index (χ1n) is 5.93. The number of cyclic esters (lactones) is 2. The molecule has 0 amide bonds. The molecular weight excluding hydrogens is 224 g/mol. The maximum Gasteiger partial charge on any atom is 0.321 e. The Morgan fingerprint density at radius 1 is 1.24 bits per heavy atom. The van der Waals surface area contributed by atoms with Crippen molar-refractivity contribution in [3.8, 4) is 0 Å². The lowest BCUT2D eigenvalue weighted by atomic mass is 9.81. The second-order valence-electron chi connectivity index (χ2n) is 6.10. The molecule has 0 aromatic rings. The number of esters is 3. The van der Waals surface area contributed by atoms with Gasteiger partial charge in [-0.2, -0.15) is 0 Å². The summed E-state index contributed by atoms with van der Waals surface area (Å²) >= 11 is 0. The summed E-state index contributed by atoms with van der Waals surface area (Å²) in [4.78, 5) is 35.8. The van der Waals surface area contributed by atoms with Gasteiger partial charge in [0.25, 0.3) is 0 Å². The van der Waals surface area contributed by atoms with Gasteiger partial charge in [0.15, 0.2) is 0 Å². The minimum Gasteiger partial charge on any atom is -0.469 e. The van der Waals surface area contributed by atoms with Crippen molar-refractivity contribution in [2.24, 2.45) is 34.0 Å². The van der Waals surface area contributed by atoms with E-state index in [-0.39, 0.29) is 35.7 Å². The summed E-state index contributed by atoms with van der Waals surface area (Å²) in [5.41, 5.74) is -1.79. The average Bonchev–Trinajstić information content (AvgIpc) is 3.00. The first-order valence-corrected chi connectivity index (χ1v) is 5.93. The van der Waals surface area contributed by atoms with Crippen molar-refractivity contribution in [2.75, 3.05) is 7.11 Å². The first kappa shape index (κ1) is 8.66. The van der Waals surface area contributed by atoms with E-state index in [0.29, 0.717) is 12.8 Å². The van der Waals surface area contributed by atoms with Crippen molar-refractivity contribution in [3.05, 3.63) is 0 Å². The lowest BCUT2D eigenvalue weighted by Gasteiger charge is -2.16. The molecule has 0 N–H and O–H groups in total. The number of hydrogen-bond acceptors (Lipinski definition) is 5.